The van der Waals surface area contributed by atoms with E-state index in [1.807, 2.05) is 6.92 Å². The summed E-state index contributed by atoms with van der Waals surface area (Å²) in [5.41, 5.74) is 0.434. The molecule has 0 N–H and O–H groups in total. The van der Waals surface area contributed by atoms with Crippen molar-refractivity contribution in [2.24, 2.45) is 0 Å². The Hall–Kier alpha value is -1.55. The van der Waals surface area contributed by atoms with Gasteiger partial charge < -0.3 is 4.74 Å². The van der Waals surface area contributed by atoms with Crippen molar-refractivity contribution in [2.75, 3.05) is 6.61 Å². The van der Waals surface area contributed by atoms with Crippen LogP contribution in [0.25, 0.3) is 0 Å². The Morgan fingerprint density at radius 1 is 1.25 bits per heavy atom. The van der Waals surface area contributed by atoms with Gasteiger partial charge in [-0.15, -0.1) is 0 Å². The summed E-state index contributed by atoms with van der Waals surface area (Å²) in [6.45, 7) is 6.07. The highest BCUT2D eigenvalue weighted by Gasteiger charge is 2.09. The van der Waals surface area contributed by atoms with Crippen LogP contribution in [0, 0.1) is 0 Å². The maximum absolute atomic E-state index is 11.4. The zero-order valence-electron chi connectivity index (χ0n) is 9.73. The first-order chi connectivity index (χ1) is 7.63. The van der Waals surface area contributed by atoms with Crippen molar-refractivity contribution in [3.63, 3.8) is 0 Å². The summed E-state index contributed by atoms with van der Waals surface area (Å²) in [5, 5.41) is 0. The van der Waals surface area contributed by atoms with Gasteiger partial charge in [-0.3, -0.25) is 4.89 Å². The highest BCUT2D eigenvalue weighted by Crippen LogP contribution is 2.13. The summed E-state index contributed by atoms with van der Waals surface area (Å²) in [4.78, 5) is 20.8. The molecule has 1 rings (SSSR count). The molecule has 4 heteroatoms. The molecule has 0 unspecified atom stereocenters. The maximum Gasteiger partial charge on any atom is 0.373 e. The molecule has 88 valence electrons. The third kappa shape index (κ3) is 3.90. The smallest absolute Gasteiger partial charge is 0.373 e. The molecule has 0 spiro atoms. The van der Waals surface area contributed by atoms with E-state index >= 15 is 0 Å². The Labute approximate surface area is 95.1 Å². The fourth-order valence-electron chi connectivity index (χ4n) is 1.04. The molecule has 0 aliphatic rings. The number of hydrogen-bond acceptors (Lipinski definition) is 4. The third-order valence-electron chi connectivity index (χ3n) is 1.72. The molecule has 1 aromatic rings. The van der Waals surface area contributed by atoms with Crippen LogP contribution in [0.2, 0.25) is 0 Å². The molecule has 0 aliphatic carbocycles. The Bertz CT molecular complexity index is 329. The van der Waals surface area contributed by atoms with Gasteiger partial charge in [-0.2, -0.15) is 4.89 Å². The summed E-state index contributed by atoms with van der Waals surface area (Å²) >= 11 is 0. The molecule has 1 aromatic carbocycles. The molecule has 0 bridgehead atoms. The minimum atomic E-state index is -0.503. The molecule has 0 radical (unpaired) electrons. The number of hydrogen-bond donors (Lipinski definition) is 0. The summed E-state index contributed by atoms with van der Waals surface area (Å²) in [6.07, 6.45) is -0.147. The van der Waals surface area contributed by atoms with Crippen LogP contribution in [0.1, 0.15) is 31.1 Å². The largest absolute Gasteiger partial charge is 0.494 e. The molecule has 0 aliphatic heterocycles. The average Bonchev–Trinajstić information content (AvgIpc) is 2.27. The van der Waals surface area contributed by atoms with Crippen LogP contribution < -0.4 is 4.74 Å². The highest BCUT2D eigenvalue weighted by atomic mass is 17.2. The molecule has 16 heavy (non-hydrogen) atoms. The van der Waals surface area contributed by atoms with E-state index in [1.165, 1.54) is 0 Å². The van der Waals surface area contributed by atoms with Crippen LogP contribution in [-0.4, -0.2) is 18.7 Å². The first-order valence-corrected chi connectivity index (χ1v) is 5.24. The first-order valence-electron chi connectivity index (χ1n) is 5.24. The van der Waals surface area contributed by atoms with Gasteiger partial charge in [0.25, 0.3) is 0 Å². The van der Waals surface area contributed by atoms with E-state index in [9.17, 15) is 4.79 Å². The summed E-state index contributed by atoms with van der Waals surface area (Å²) in [5.74, 6) is 0.223. The Morgan fingerprint density at radius 3 is 2.38 bits per heavy atom. The summed E-state index contributed by atoms with van der Waals surface area (Å²) < 4.78 is 5.26. The van der Waals surface area contributed by atoms with Crippen LogP contribution in [0.15, 0.2) is 24.3 Å². The van der Waals surface area contributed by atoms with Crippen molar-refractivity contribution in [1.82, 2.24) is 0 Å². The lowest BCUT2D eigenvalue weighted by atomic mass is 10.2. The van der Waals surface area contributed by atoms with Crippen molar-refractivity contribution < 1.29 is 19.3 Å². The molecule has 0 fully saturated rings. The van der Waals surface area contributed by atoms with Crippen LogP contribution in [0.5, 0.6) is 5.75 Å². The molecule has 0 amide bonds. The van der Waals surface area contributed by atoms with E-state index in [-0.39, 0.29) is 6.10 Å². The van der Waals surface area contributed by atoms with Crippen LogP contribution in [-0.2, 0) is 9.78 Å². The van der Waals surface area contributed by atoms with E-state index < -0.39 is 5.97 Å². The van der Waals surface area contributed by atoms with Gasteiger partial charge in [-0.25, -0.2) is 4.79 Å². The third-order valence-corrected chi connectivity index (χ3v) is 1.72. The molecule has 0 aromatic heterocycles. The van der Waals surface area contributed by atoms with Crippen molar-refractivity contribution in [2.45, 2.75) is 26.9 Å². The Kier molecular flexibility index (Phi) is 4.79. The minimum Gasteiger partial charge on any atom is -0.494 e. The fourth-order valence-corrected chi connectivity index (χ4v) is 1.04. The molecule has 4 nitrogen and oxygen atoms in total. The van der Waals surface area contributed by atoms with Crippen molar-refractivity contribution in [3.8, 4) is 5.75 Å². The van der Waals surface area contributed by atoms with Gasteiger partial charge >= 0.3 is 5.97 Å². The van der Waals surface area contributed by atoms with E-state index in [2.05, 4.69) is 4.89 Å². The van der Waals surface area contributed by atoms with Gasteiger partial charge in [0.15, 0.2) is 0 Å². The number of ether oxygens (including phenoxy) is 1. The number of carbonyl (C=O) groups is 1. The quantitative estimate of drug-likeness (QED) is 0.569. The maximum atomic E-state index is 11.4. The van der Waals surface area contributed by atoms with E-state index in [0.717, 1.165) is 5.75 Å². The predicted molar refractivity (Wildman–Crippen MR) is 59.2 cm³/mol. The van der Waals surface area contributed by atoms with E-state index in [4.69, 9.17) is 9.62 Å². The van der Waals surface area contributed by atoms with Crippen LogP contribution in [0.4, 0.5) is 0 Å². The van der Waals surface area contributed by atoms with Crippen molar-refractivity contribution in [3.05, 3.63) is 29.8 Å². The zero-order chi connectivity index (χ0) is 12.0. The van der Waals surface area contributed by atoms with E-state index in [0.29, 0.717) is 12.2 Å². The molecule has 0 atom stereocenters. The van der Waals surface area contributed by atoms with Crippen LogP contribution in [0.3, 0.4) is 0 Å². The van der Waals surface area contributed by atoms with Gasteiger partial charge in [0.1, 0.15) is 5.75 Å². The van der Waals surface area contributed by atoms with Gasteiger partial charge in [-0.1, -0.05) is 0 Å². The molecular weight excluding hydrogens is 208 g/mol. The lowest BCUT2D eigenvalue weighted by Gasteiger charge is -2.06. The highest BCUT2D eigenvalue weighted by molar-refractivity contribution is 5.89. The normalized spacial score (nSPS) is 10.2. The molecule has 0 saturated heterocycles. The van der Waals surface area contributed by atoms with Gasteiger partial charge in [0.2, 0.25) is 0 Å². The van der Waals surface area contributed by atoms with Crippen molar-refractivity contribution >= 4 is 5.97 Å². The Morgan fingerprint density at radius 2 is 1.88 bits per heavy atom. The number of rotatable bonds is 5. The number of carbonyl (C=O) groups excluding carboxylic acids is 1. The minimum absolute atomic E-state index is 0.147. The average molecular weight is 224 g/mol. The second-order valence-electron chi connectivity index (χ2n) is 3.47. The standard InChI is InChI=1S/C12H16O4/c1-4-14-11-7-5-10(6-8-11)12(13)16-15-9(2)3/h5-9H,4H2,1-3H3. The van der Waals surface area contributed by atoms with Gasteiger partial charge in [0.05, 0.1) is 18.3 Å². The summed E-state index contributed by atoms with van der Waals surface area (Å²) in [7, 11) is 0. The topological polar surface area (TPSA) is 44.8 Å². The fraction of sp³-hybridized carbons (Fsp3) is 0.417. The lowest BCUT2D eigenvalue weighted by molar-refractivity contribution is -0.265. The second kappa shape index (κ2) is 6.12. The molecule has 0 saturated carbocycles. The molecule has 0 heterocycles. The summed E-state index contributed by atoms with van der Waals surface area (Å²) in [6, 6.07) is 6.71. The second-order valence-corrected chi connectivity index (χ2v) is 3.47. The lowest BCUT2D eigenvalue weighted by Crippen LogP contribution is -2.10. The van der Waals surface area contributed by atoms with Gasteiger partial charge in [-0.05, 0) is 45.0 Å². The first kappa shape index (κ1) is 12.5. The van der Waals surface area contributed by atoms with Crippen molar-refractivity contribution in [1.29, 1.82) is 0 Å². The number of benzene rings is 1. The van der Waals surface area contributed by atoms with E-state index in [1.54, 1.807) is 38.1 Å². The SMILES string of the molecule is CCOc1ccc(C(=O)OOC(C)C)cc1. The zero-order valence-corrected chi connectivity index (χ0v) is 9.73. The Balaban J connectivity index is 2.56. The van der Waals surface area contributed by atoms with Crippen LogP contribution >= 0.6 is 0 Å². The monoisotopic (exact) mass is 224 g/mol. The molecular formula is C12H16O4. The predicted octanol–water partition coefficient (Wildman–Crippen LogP) is 2.58. The van der Waals surface area contributed by atoms with Gasteiger partial charge in [0, 0.05) is 0 Å².